The minimum absolute atomic E-state index is 0.163. The van der Waals surface area contributed by atoms with Gasteiger partial charge in [-0.3, -0.25) is 10.1 Å². The van der Waals surface area contributed by atoms with Gasteiger partial charge in [0.1, 0.15) is 5.76 Å². The zero-order valence-electron chi connectivity index (χ0n) is 8.25. The topological polar surface area (TPSA) is 81.2 Å². The number of nitro groups is 1. The Hall–Kier alpha value is -1.73. The molecule has 0 spiro atoms. The van der Waals surface area contributed by atoms with Gasteiger partial charge < -0.3 is 9.84 Å². The summed E-state index contributed by atoms with van der Waals surface area (Å²) >= 11 is 1.17. The standard InChI is InChI=1S/C9H9N3O3S/c13-12(14)9-2-1-8(16-9)6-10-5-7-3-4-11-15-7/h1-4,10H,5-6H2. The summed E-state index contributed by atoms with van der Waals surface area (Å²) in [6, 6.07) is 5.02. The summed E-state index contributed by atoms with van der Waals surface area (Å²) < 4.78 is 4.90. The molecule has 2 aromatic heterocycles. The van der Waals surface area contributed by atoms with Crippen molar-refractivity contribution in [2.75, 3.05) is 0 Å². The molecular formula is C9H9N3O3S. The van der Waals surface area contributed by atoms with Crippen LogP contribution in [0.5, 0.6) is 0 Å². The van der Waals surface area contributed by atoms with Crippen LogP contribution in [0.4, 0.5) is 5.00 Å². The largest absolute Gasteiger partial charge is 0.360 e. The first-order valence-electron chi connectivity index (χ1n) is 4.59. The smallest absolute Gasteiger partial charge is 0.324 e. The molecule has 0 bridgehead atoms. The Morgan fingerprint density at radius 1 is 1.44 bits per heavy atom. The molecule has 0 radical (unpaired) electrons. The van der Waals surface area contributed by atoms with Crippen LogP contribution in [0.3, 0.4) is 0 Å². The molecular weight excluding hydrogens is 230 g/mol. The zero-order chi connectivity index (χ0) is 11.4. The van der Waals surface area contributed by atoms with Crippen molar-refractivity contribution >= 4 is 16.3 Å². The van der Waals surface area contributed by atoms with Gasteiger partial charge in [0, 0.05) is 23.6 Å². The lowest BCUT2D eigenvalue weighted by Crippen LogP contribution is -2.10. The van der Waals surface area contributed by atoms with E-state index in [9.17, 15) is 10.1 Å². The van der Waals surface area contributed by atoms with Gasteiger partial charge in [-0.05, 0) is 6.07 Å². The first-order valence-corrected chi connectivity index (χ1v) is 5.41. The minimum atomic E-state index is -0.384. The van der Waals surface area contributed by atoms with E-state index in [1.165, 1.54) is 17.4 Å². The Morgan fingerprint density at radius 2 is 2.31 bits per heavy atom. The zero-order valence-corrected chi connectivity index (χ0v) is 9.07. The molecule has 1 N–H and O–H groups in total. The summed E-state index contributed by atoms with van der Waals surface area (Å²) in [5.74, 6) is 0.742. The SMILES string of the molecule is O=[N+]([O-])c1ccc(CNCc2ccno2)s1. The van der Waals surface area contributed by atoms with Crippen LogP contribution in [0.25, 0.3) is 0 Å². The Bertz CT molecular complexity index is 466. The molecule has 0 amide bonds. The van der Waals surface area contributed by atoms with Crippen molar-refractivity contribution in [1.82, 2.24) is 10.5 Å². The van der Waals surface area contributed by atoms with E-state index in [0.717, 1.165) is 10.6 Å². The van der Waals surface area contributed by atoms with Crippen molar-refractivity contribution in [3.05, 3.63) is 45.1 Å². The van der Waals surface area contributed by atoms with E-state index in [2.05, 4.69) is 10.5 Å². The second-order valence-corrected chi connectivity index (χ2v) is 4.23. The maximum absolute atomic E-state index is 10.4. The molecule has 16 heavy (non-hydrogen) atoms. The Morgan fingerprint density at radius 3 is 2.94 bits per heavy atom. The maximum Gasteiger partial charge on any atom is 0.324 e. The number of thiophene rings is 1. The van der Waals surface area contributed by atoms with Crippen molar-refractivity contribution in [3.63, 3.8) is 0 Å². The number of hydrogen-bond acceptors (Lipinski definition) is 6. The van der Waals surface area contributed by atoms with Crippen LogP contribution < -0.4 is 5.32 Å². The second kappa shape index (κ2) is 4.86. The molecule has 0 aliphatic heterocycles. The lowest BCUT2D eigenvalue weighted by molar-refractivity contribution is -0.380. The monoisotopic (exact) mass is 239 g/mol. The molecule has 7 heteroatoms. The van der Waals surface area contributed by atoms with Gasteiger partial charge in [-0.25, -0.2) is 0 Å². The van der Waals surface area contributed by atoms with Gasteiger partial charge in [-0.15, -0.1) is 0 Å². The third kappa shape index (κ3) is 2.65. The van der Waals surface area contributed by atoms with Crippen LogP contribution >= 0.6 is 11.3 Å². The molecule has 2 rings (SSSR count). The molecule has 0 aliphatic rings. The van der Waals surface area contributed by atoms with Gasteiger partial charge in [-0.1, -0.05) is 16.5 Å². The van der Waals surface area contributed by atoms with E-state index in [-0.39, 0.29) is 9.92 Å². The average molecular weight is 239 g/mol. The van der Waals surface area contributed by atoms with Crippen molar-refractivity contribution in [2.24, 2.45) is 0 Å². The van der Waals surface area contributed by atoms with E-state index in [1.807, 2.05) is 0 Å². The van der Waals surface area contributed by atoms with Gasteiger partial charge in [0.25, 0.3) is 0 Å². The van der Waals surface area contributed by atoms with Crippen molar-refractivity contribution in [2.45, 2.75) is 13.1 Å². The molecule has 84 valence electrons. The van der Waals surface area contributed by atoms with Crippen LogP contribution in [0.2, 0.25) is 0 Å². The second-order valence-electron chi connectivity index (χ2n) is 3.08. The Kier molecular flexibility index (Phi) is 3.28. The van der Waals surface area contributed by atoms with Crippen LogP contribution in [-0.4, -0.2) is 10.1 Å². The van der Waals surface area contributed by atoms with Crippen molar-refractivity contribution in [3.8, 4) is 0 Å². The predicted molar refractivity (Wildman–Crippen MR) is 58.0 cm³/mol. The summed E-state index contributed by atoms with van der Waals surface area (Å²) in [5.41, 5.74) is 0. The Labute approximate surface area is 95.0 Å². The number of nitrogens with zero attached hydrogens (tertiary/aromatic N) is 2. The molecule has 0 atom stereocenters. The first kappa shape index (κ1) is 10.8. The minimum Gasteiger partial charge on any atom is -0.360 e. The summed E-state index contributed by atoms with van der Waals surface area (Å²) in [6.45, 7) is 1.14. The normalized spacial score (nSPS) is 10.5. The first-order chi connectivity index (χ1) is 7.75. The molecule has 6 nitrogen and oxygen atoms in total. The fraction of sp³-hybridized carbons (Fsp3) is 0.222. The fourth-order valence-electron chi connectivity index (χ4n) is 1.20. The highest BCUT2D eigenvalue weighted by Gasteiger charge is 2.09. The van der Waals surface area contributed by atoms with Crippen molar-refractivity contribution < 1.29 is 9.45 Å². The lowest BCUT2D eigenvalue weighted by Gasteiger charge is -1.97. The highest BCUT2D eigenvalue weighted by molar-refractivity contribution is 7.15. The van der Waals surface area contributed by atoms with Gasteiger partial charge in [0.05, 0.1) is 17.7 Å². The molecule has 0 aromatic carbocycles. The number of hydrogen-bond donors (Lipinski definition) is 1. The quantitative estimate of drug-likeness (QED) is 0.637. The van der Waals surface area contributed by atoms with Gasteiger partial charge in [-0.2, -0.15) is 0 Å². The van der Waals surface area contributed by atoms with Crippen LogP contribution in [0, 0.1) is 10.1 Å². The van der Waals surface area contributed by atoms with E-state index >= 15 is 0 Å². The van der Waals surface area contributed by atoms with Crippen LogP contribution in [0.1, 0.15) is 10.6 Å². The molecule has 2 heterocycles. The molecule has 0 unspecified atom stereocenters. The number of nitrogens with one attached hydrogen (secondary N) is 1. The number of aromatic nitrogens is 1. The summed E-state index contributed by atoms with van der Waals surface area (Å²) in [7, 11) is 0. The summed E-state index contributed by atoms with van der Waals surface area (Å²) in [5, 5.41) is 17.3. The Balaban J connectivity index is 1.83. The van der Waals surface area contributed by atoms with Crippen LogP contribution in [-0.2, 0) is 13.1 Å². The molecule has 2 aromatic rings. The van der Waals surface area contributed by atoms with Crippen molar-refractivity contribution in [1.29, 1.82) is 0 Å². The maximum atomic E-state index is 10.4. The highest BCUT2D eigenvalue weighted by atomic mass is 32.1. The fourth-order valence-corrected chi connectivity index (χ4v) is 1.99. The lowest BCUT2D eigenvalue weighted by atomic mass is 10.4. The van der Waals surface area contributed by atoms with Gasteiger partial charge in [0.15, 0.2) is 0 Å². The third-order valence-corrected chi connectivity index (χ3v) is 2.95. The summed E-state index contributed by atoms with van der Waals surface area (Å²) in [4.78, 5) is 11.0. The average Bonchev–Trinajstić information content (AvgIpc) is 2.87. The number of rotatable bonds is 5. The summed E-state index contributed by atoms with van der Waals surface area (Å²) in [6.07, 6.45) is 1.58. The highest BCUT2D eigenvalue weighted by Crippen LogP contribution is 2.23. The predicted octanol–water partition coefficient (Wildman–Crippen LogP) is 1.93. The van der Waals surface area contributed by atoms with E-state index in [1.54, 1.807) is 18.3 Å². The van der Waals surface area contributed by atoms with Gasteiger partial charge in [0.2, 0.25) is 0 Å². The molecule has 0 fully saturated rings. The van der Waals surface area contributed by atoms with Crippen LogP contribution in [0.15, 0.2) is 28.9 Å². The van der Waals surface area contributed by atoms with E-state index in [4.69, 9.17) is 4.52 Å². The third-order valence-electron chi connectivity index (χ3n) is 1.92. The van der Waals surface area contributed by atoms with Gasteiger partial charge >= 0.3 is 5.00 Å². The van der Waals surface area contributed by atoms with E-state index in [0.29, 0.717) is 13.1 Å². The molecule has 0 aliphatic carbocycles. The van der Waals surface area contributed by atoms with E-state index < -0.39 is 0 Å². The molecule has 0 saturated carbocycles. The molecule has 0 saturated heterocycles.